The Morgan fingerprint density at radius 3 is 2.75 bits per heavy atom. The monoisotopic (exact) mass is 277 g/mol. The van der Waals surface area contributed by atoms with Gasteiger partial charge in [-0.1, -0.05) is 0 Å². The summed E-state index contributed by atoms with van der Waals surface area (Å²) in [4.78, 5) is 0. The van der Waals surface area contributed by atoms with Crippen molar-refractivity contribution in [1.82, 2.24) is 5.32 Å². The largest absolute Gasteiger partial charge is 0.493 e. The maximum Gasteiger partial charge on any atom is 0.161 e. The van der Waals surface area contributed by atoms with Gasteiger partial charge >= 0.3 is 0 Å². The van der Waals surface area contributed by atoms with E-state index >= 15 is 0 Å². The van der Waals surface area contributed by atoms with Crippen LogP contribution in [-0.2, 0) is 11.3 Å². The Balaban J connectivity index is 1.76. The third-order valence-electron chi connectivity index (χ3n) is 4.82. The molecule has 2 N–H and O–H groups in total. The van der Waals surface area contributed by atoms with Crippen LogP contribution in [0.3, 0.4) is 0 Å². The van der Waals surface area contributed by atoms with Crippen molar-refractivity contribution in [3.63, 3.8) is 0 Å². The Morgan fingerprint density at radius 2 is 2.00 bits per heavy atom. The van der Waals surface area contributed by atoms with E-state index in [1.54, 1.807) is 14.2 Å². The van der Waals surface area contributed by atoms with E-state index < -0.39 is 6.10 Å². The molecule has 2 fully saturated rings. The van der Waals surface area contributed by atoms with Crippen molar-refractivity contribution in [2.45, 2.75) is 43.2 Å². The smallest absolute Gasteiger partial charge is 0.161 e. The second-order valence-electron chi connectivity index (χ2n) is 5.78. The number of rotatable bonds is 2. The van der Waals surface area contributed by atoms with Crippen molar-refractivity contribution in [3.05, 3.63) is 23.3 Å². The van der Waals surface area contributed by atoms with Gasteiger partial charge in [-0.25, -0.2) is 0 Å². The number of epoxide rings is 1. The number of nitrogens with one attached hydrogen (secondary N) is 1. The van der Waals surface area contributed by atoms with Crippen LogP contribution in [-0.4, -0.2) is 43.7 Å². The third-order valence-corrected chi connectivity index (χ3v) is 4.82. The molecule has 2 aliphatic heterocycles. The molecule has 5 nitrogen and oxygen atoms in total. The first-order valence-corrected chi connectivity index (χ1v) is 7.04. The minimum atomic E-state index is -0.417. The molecule has 0 amide bonds. The van der Waals surface area contributed by atoms with Gasteiger partial charge in [0.2, 0.25) is 0 Å². The quantitative estimate of drug-likeness (QED) is 0.783. The topological polar surface area (TPSA) is 63.2 Å². The molecule has 1 saturated heterocycles. The molecule has 5 atom stereocenters. The average Bonchev–Trinajstić information content (AvgIpc) is 3.25. The highest BCUT2D eigenvalue weighted by Crippen LogP contribution is 2.48. The van der Waals surface area contributed by atoms with Gasteiger partial charge in [0.05, 0.1) is 26.4 Å². The standard InChI is InChI=1S/C15H19NO4/c1-18-10-3-7-6-16-13-9(8(7)4-11(10)19-2)5-12-15(20-12)14(13)17/h3-4,9,12-17H,5-6H2,1-2H3/t9-,12-,13-,14+,15-/m1/s1. The van der Waals surface area contributed by atoms with E-state index in [0.717, 1.165) is 24.5 Å². The second kappa shape index (κ2) is 4.35. The van der Waals surface area contributed by atoms with Crippen LogP contribution in [0, 0.1) is 0 Å². The Hall–Kier alpha value is -1.30. The number of benzene rings is 1. The van der Waals surface area contributed by atoms with E-state index in [2.05, 4.69) is 11.4 Å². The third kappa shape index (κ3) is 1.67. The number of aliphatic hydroxyl groups excluding tert-OH is 1. The summed E-state index contributed by atoms with van der Waals surface area (Å²) in [5.41, 5.74) is 2.47. The van der Waals surface area contributed by atoms with E-state index in [9.17, 15) is 5.11 Å². The van der Waals surface area contributed by atoms with Crippen molar-refractivity contribution in [2.24, 2.45) is 0 Å². The highest BCUT2D eigenvalue weighted by Gasteiger charge is 2.56. The lowest BCUT2D eigenvalue weighted by atomic mass is 9.74. The number of methoxy groups -OCH3 is 2. The van der Waals surface area contributed by atoms with Gasteiger partial charge in [0.1, 0.15) is 6.10 Å². The van der Waals surface area contributed by atoms with E-state index in [-0.39, 0.29) is 24.2 Å². The predicted octanol–water partition coefficient (Wildman–Crippen LogP) is 0.791. The summed E-state index contributed by atoms with van der Waals surface area (Å²) in [5.74, 6) is 1.78. The van der Waals surface area contributed by atoms with Gasteiger partial charge in [-0.2, -0.15) is 0 Å². The fraction of sp³-hybridized carbons (Fsp3) is 0.600. The lowest BCUT2D eigenvalue weighted by molar-refractivity contribution is 0.0756. The van der Waals surface area contributed by atoms with E-state index in [0.29, 0.717) is 0 Å². The van der Waals surface area contributed by atoms with Crippen LogP contribution in [0.5, 0.6) is 11.5 Å². The SMILES string of the molecule is COc1cc2c(cc1OC)[C@H]1C[C@H]3O[C@H]3[C@@H](O)[C@@H]1NC2. The predicted molar refractivity (Wildman–Crippen MR) is 72.2 cm³/mol. The molecule has 1 aromatic carbocycles. The van der Waals surface area contributed by atoms with E-state index in [1.165, 1.54) is 11.1 Å². The molecule has 20 heavy (non-hydrogen) atoms. The number of hydrogen-bond acceptors (Lipinski definition) is 5. The van der Waals surface area contributed by atoms with Gasteiger partial charge < -0.3 is 24.6 Å². The summed E-state index contributed by atoms with van der Waals surface area (Å²) in [5, 5.41) is 13.8. The molecule has 0 aromatic heterocycles. The van der Waals surface area contributed by atoms with Crippen LogP contribution >= 0.6 is 0 Å². The summed E-state index contributed by atoms with van der Waals surface area (Å²) in [7, 11) is 3.30. The molecule has 3 aliphatic rings. The van der Waals surface area contributed by atoms with Crippen molar-refractivity contribution in [3.8, 4) is 11.5 Å². The maximum atomic E-state index is 10.3. The minimum Gasteiger partial charge on any atom is -0.493 e. The number of ether oxygens (including phenoxy) is 3. The van der Waals surface area contributed by atoms with Crippen LogP contribution in [0.2, 0.25) is 0 Å². The molecule has 2 heterocycles. The van der Waals surface area contributed by atoms with E-state index in [4.69, 9.17) is 14.2 Å². The molecule has 1 aliphatic carbocycles. The van der Waals surface area contributed by atoms with E-state index in [1.807, 2.05) is 6.07 Å². The molecule has 0 spiro atoms. The number of aliphatic hydroxyl groups is 1. The molecule has 1 aromatic rings. The zero-order valence-corrected chi connectivity index (χ0v) is 11.6. The first kappa shape index (κ1) is 12.4. The molecule has 0 radical (unpaired) electrons. The number of fused-ring (bicyclic) bond motifs is 4. The van der Waals surface area contributed by atoms with Crippen molar-refractivity contribution < 1.29 is 19.3 Å². The molecule has 4 rings (SSSR count). The Bertz CT molecular complexity index is 547. The van der Waals surface area contributed by atoms with Gasteiger partial charge in [0, 0.05) is 18.5 Å². The van der Waals surface area contributed by atoms with Crippen molar-refractivity contribution in [2.75, 3.05) is 14.2 Å². The fourth-order valence-corrected chi connectivity index (χ4v) is 3.73. The lowest BCUT2D eigenvalue weighted by Crippen LogP contribution is -2.52. The molecule has 5 heteroatoms. The summed E-state index contributed by atoms with van der Waals surface area (Å²) < 4.78 is 16.3. The van der Waals surface area contributed by atoms with Gasteiger partial charge in [-0.3, -0.25) is 0 Å². The number of hydrogen-bond donors (Lipinski definition) is 2. The Morgan fingerprint density at radius 1 is 1.25 bits per heavy atom. The summed E-state index contributed by atoms with van der Waals surface area (Å²) >= 11 is 0. The fourth-order valence-electron chi connectivity index (χ4n) is 3.73. The van der Waals surface area contributed by atoms with Gasteiger partial charge in [0.15, 0.2) is 11.5 Å². The highest BCUT2D eigenvalue weighted by atomic mass is 16.6. The summed E-state index contributed by atoms with van der Waals surface area (Å²) in [6.07, 6.45) is 0.791. The molecule has 1 saturated carbocycles. The Labute approximate surface area is 117 Å². The molecular formula is C15H19NO4. The zero-order valence-electron chi connectivity index (χ0n) is 11.6. The van der Waals surface area contributed by atoms with Crippen LogP contribution < -0.4 is 14.8 Å². The lowest BCUT2D eigenvalue weighted by Gasteiger charge is -2.39. The van der Waals surface area contributed by atoms with Crippen molar-refractivity contribution >= 4 is 0 Å². The van der Waals surface area contributed by atoms with Crippen LogP contribution in [0.4, 0.5) is 0 Å². The van der Waals surface area contributed by atoms with Crippen LogP contribution in [0.1, 0.15) is 23.5 Å². The molecule has 108 valence electrons. The van der Waals surface area contributed by atoms with Gasteiger partial charge in [-0.15, -0.1) is 0 Å². The first-order valence-electron chi connectivity index (χ1n) is 7.04. The molecular weight excluding hydrogens is 258 g/mol. The highest BCUT2D eigenvalue weighted by molar-refractivity contribution is 5.50. The minimum absolute atomic E-state index is 0.0328. The Kier molecular flexibility index (Phi) is 2.70. The van der Waals surface area contributed by atoms with Crippen LogP contribution in [0.15, 0.2) is 12.1 Å². The summed E-state index contributed by atoms with van der Waals surface area (Å²) in [6.45, 7) is 0.741. The van der Waals surface area contributed by atoms with Gasteiger partial charge in [0.25, 0.3) is 0 Å². The molecule has 0 unspecified atom stereocenters. The van der Waals surface area contributed by atoms with Crippen LogP contribution in [0.25, 0.3) is 0 Å². The van der Waals surface area contributed by atoms with Crippen molar-refractivity contribution in [1.29, 1.82) is 0 Å². The zero-order chi connectivity index (χ0) is 13.9. The average molecular weight is 277 g/mol. The first-order chi connectivity index (χ1) is 9.72. The molecule has 0 bridgehead atoms. The normalized spacial score (nSPS) is 37.5. The summed E-state index contributed by atoms with van der Waals surface area (Å²) in [6, 6.07) is 4.16. The second-order valence-corrected chi connectivity index (χ2v) is 5.78. The van der Waals surface area contributed by atoms with Gasteiger partial charge in [-0.05, 0) is 29.7 Å². The maximum absolute atomic E-state index is 10.3.